The molecule has 0 aliphatic carbocycles. The molecule has 1 aromatic heterocycles. The summed E-state index contributed by atoms with van der Waals surface area (Å²) in [5.74, 6) is 1.43. The van der Waals surface area contributed by atoms with Crippen molar-refractivity contribution >= 4 is 43.5 Å². The van der Waals surface area contributed by atoms with Crippen LogP contribution in [-0.4, -0.2) is 7.11 Å². The van der Waals surface area contributed by atoms with Gasteiger partial charge in [-0.05, 0) is 52.7 Å². The first-order chi connectivity index (χ1) is 8.52. The van der Waals surface area contributed by atoms with E-state index in [9.17, 15) is 0 Å². The van der Waals surface area contributed by atoms with Gasteiger partial charge in [-0.2, -0.15) is 0 Å². The van der Waals surface area contributed by atoms with E-state index in [1.54, 1.807) is 7.11 Å². The largest absolute Gasteiger partial charge is 0.496 e. The second kappa shape index (κ2) is 5.68. The van der Waals surface area contributed by atoms with Crippen LogP contribution in [0.25, 0.3) is 0 Å². The Morgan fingerprint density at radius 3 is 2.56 bits per heavy atom. The third-order valence-electron chi connectivity index (χ3n) is 2.63. The standard InChI is InChI=1S/C13H11Br2ClO2/c1-7-5-11(17-2)8(6-9(7)14)13(16)10-3-4-12(15)18-10/h3-6,13H,1-2H3. The third-order valence-corrected chi connectivity index (χ3v) is 4.36. The lowest BCUT2D eigenvalue weighted by atomic mass is 10.1. The number of aryl methyl sites for hydroxylation is 1. The topological polar surface area (TPSA) is 22.4 Å². The van der Waals surface area contributed by atoms with Gasteiger partial charge in [0.2, 0.25) is 0 Å². The summed E-state index contributed by atoms with van der Waals surface area (Å²) < 4.78 is 12.5. The molecule has 0 bridgehead atoms. The summed E-state index contributed by atoms with van der Waals surface area (Å²) in [6.07, 6.45) is 0. The Labute approximate surface area is 128 Å². The first-order valence-corrected chi connectivity index (χ1v) is 7.28. The first-order valence-electron chi connectivity index (χ1n) is 5.26. The van der Waals surface area contributed by atoms with E-state index < -0.39 is 0 Å². The molecular formula is C13H11Br2ClO2. The smallest absolute Gasteiger partial charge is 0.169 e. The summed E-state index contributed by atoms with van der Waals surface area (Å²) in [5.41, 5.74) is 1.97. The van der Waals surface area contributed by atoms with Gasteiger partial charge < -0.3 is 9.15 Å². The number of rotatable bonds is 3. The zero-order valence-electron chi connectivity index (χ0n) is 9.84. The molecule has 5 heteroatoms. The van der Waals surface area contributed by atoms with Crippen LogP contribution < -0.4 is 4.74 Å². The summed E-state index contributed by atoms with van der Waals surface area (Å²) in [5, 5.41) is -0.386. The molecular weight excluding hydrogens is 383 g/mol. The van der Waals surface area contributed by atoms with Crippen LogP contribution in [0.15, 0.2) is 37.8 Å². The van der Waals surface area contributed by atoms with Crippen molar-refractivity contribution < 1.29 is 9.15 Å². The normalized spacial score (nSPS) is 12.5. The Morgan fingerprint density at radius 1 is 1.28 bits per heavy atom. The molecule has 1 heterocycles. The van der Waals surface area contributed by atoms with E-state index in [-0.39, 0.29) is 5.38 Å². The number of methoxy groups -OCH3 is 1. The van der Waals surface area contributed by atoms with Gasteiger partial charge in [-0.3, -0.25) is 0 Å². The van der Waals surface area contributed by atoms with Crippen LogP contribution in [0.4, 0.5) is 0 Å². The Balaban J connectivity index is 2.46. The number of benzene rings is 1. The predicted octanol–water partition coefficient (Wildman–Crippen LogP) is 5.45. The van der Waals surface area contributed by atoms with Crippen LogP contribution in [0.2, 0.25) is 0 Å². The summed E-state index contributed by atoms with van der Waals surface area (Å²) in [6.45, 7) is 2.00. The number of hydrogen-bond donors (Lipinski definition) is 0. The highest BCUT2D eigenvalue weighted by Gasteiger charge is 2.20. The number of ether oxygens (including phenoxy) is 1. The van der Waals surface area contributed by atoms with Crippen LogP contribution in [0, 0.1) is 6.92 Å². The zero-order chi connectivity index (χ0) is 13.3. The Bertz CT molecular complexity index is 566. The minimum Gasteiger partial charge on any atom is -0.496 e. The van der Waals surface area contributed by atoms with E-state index in [0.29, 0.717) is 10.4 Å². The van der Waals surface area contributed by atoms with Gasteiger partial charge in [0.15, 0.2) is 4.67 Å². The molecule has 1 unspecified atom stereocenters. The summed E-state index contributed by atoms with van der Waals surface area (Å²) >= 11 is 13.2. The molecule has 0 N–H and O–H groups in total. The molecule has 2 aromatic rings. The van der Waals surface area contributed by atoms with Gasteiger partial charge in [-0.1, -0.05) is 15.9 Å². The van der Waals surface area contributed by atoms with Crippen molar-refractivity contribution in [1.29, 1.82) is 0 Å². The van der Waals surface area contributed by atoms with Gasteiger partial charge in [-0.25, -0.2) is 0 Å². The highest BCUT2D eigenvalue weighted by Crippen LogP contribution is 2.39. The molecule has 0 saturated carbocycles. The van der Waals surface area contributed by atoms with Crippen LogP contribution in [0.1, 0.15) is 22.3 Å². The number of hydrogen-bond acceptors (Lipinski definition) is 2. The fourth-order valence-corrected chi connectivity index (χ4v) is 2.63. The molecule has 96 valence electrons. The Morgan fingerprint density at radius 2 is 2.00 bits per heavy atom. The monoisotopic (exact) mass is 392 g/mol. The Hall–Kier alpha value is -0.450. The quantitative estimate of drug-likeness (QED) is 0.646. The number of halogens is 3. The molecule has 0 amide bonds. The highest BCUT2D eigenvalue weighted by molar-refractivity contribution is 9.10. The van der Waals surface area contributed by atoms with Crippen molar-refractivity contribution in [2.75, 3.05) is 7.11 Å². The number of furan rings is 1. The van der Waals surface area contributed by atoms with E-state index in [1.807, 2.05) is 31.2 Å². The maximum atomic E-state index is 6.44. The van der Waals surface area contributed by atoms with Crippen molar-refractivity contribution in [1.82, 2.24) is 0 Å². The predicted molar refractivity (Wildman–Crippen MR) is 79.5 cm³/mol. The summed E-state index contributed by atoms with van der Waals surface area (Å²) in [6, 6.07) is 7.57. The molecule has 0 aliphatic rings. The van der Waals surface area contributed by atoms with E-state index in [0.717, 1.165) is 21.3 Å². The van der Waals surface area contributed by atoms with Crippen molar-refractivity contribution in [3.8, 4) is 5.75 Å². The van der Waals surface area contributed by atoms with Gasteiger partial charge in [0, 0.05) is 10.0 Å². The lowest BCUT2D eigenvalue weighted by Crippen LogP contribution is -1.97. The molecule has 0 spiro atoms. The zero-order valence-corrected chi connectivity index (χ0v) is 13.8. The molecule has 0 aliphatic heterocycles. The molecule has 2 rings (SSSR count). The first kappa shape index (κ1) is 14.0. The minimum atomic E-state index is -0.386. The van der Waals surface area contributed by atoms with Crippen LogP contribution in [0.3, 0.4) is 0 Å². The fourth-order valence-electron chi connectivity index (χ4n) is 1.66. The summed E-state index contributed by atoms with van der Waals surface area (Å²) in [4.78, 5) is 0. The van der Waals surface area contributed by atoms with Gasteiger partial charge in [-0.15, -0.1) is 11.6 Å². The SMILES string of the molecule is COc1cc(C)c(Br)cc1C(Cl)c1ccc(Br)o1. The van der Waals surface area contributed by atoms with Crippen LogP contribution in [-0.2, 0) is 0 Å². The van der Waals surface area contributed by atoms with Crippen LogP contribution >= 0.6 is 43.5 Å². The van der Waals surface area contributed by atoms with Gasteiger partial charge in [0.1, 0.15) is 16.9 Å². The summed E-state index contributed by atoms with van der Waals surface area (Å²) in [7, 11) is 1.63. The van der Waals surface area contributed by atoms with Crippen molar-refractivity contribution in [3.05, 3.63) is 50.3 Å². The van der Waals surface area contributed by atoms with E-state index in [4.69, 9.17) is 20.8 Å². The average Bonchev–Trinajstić information content (AvgIpc) is 2.78. The molecule has 0 saturated heterocycles. The molecule has 0 radical (unpaired) electrons. The highest BCUT2D eigenvalue weighted by atomic mass is 79.9. The fraction of sp³-hybridized carbons (Fsp3) is 0.231. The van der Waals surface area contributed by atoms with Gasteiger partial charge in [0.25, 0.3) is 0 Å². The molecule has 18 heavy (non-hydrogen) atoms. The maximum Gasteiger partial charge on any atom is 0.169 e. The van der Waals surface area contributed by atoms with Gasteiger partial charge in [0.05, 0.1) is 7.11 Å². The van der Waals surface area contributed by atoms with Crippen molar-refractivity contribution in [2.24, 2.45) is 0 Å². The second-order valence-corrected chi connectivity index (χ2v) is 5.92. The molecule has 2 nitrogen and oxygen atoms in total. The Kier molecular flexibility index (Phi) is 4.41. The van der Waals surface area contributed by atoms with Crippen LogP contribution in [0.5, 0.6) is 5.75 Å². The molecule has 1 aromatic carbocycles. The lowest BCUT2D eigenvalue weighted by molar-refractivity contribution is 0.407. The minimum absolute atomic E-state index is 0.386. The van der Waals surface area contributed by atoms with Crippen molar-refractivity contribution in [3.63, 3.8) is 0 Å². The maximum absolute atomic E-state index is 6.44. The number of alkyl halides is 1. The van der Waals surface area contributed by atoms with E-state index in [1.165, 1.54) is 0 Å². The lowest BCUT2D eigenvalue weighted by Gasteiger charge is -2.14. The molecule has 1 atom stereocenters. The second-order valence-electron chi connectivity index (χ2n) is 3.85. The van der Waals surface area contributed by atoms with Gasteiger partial charge >= 0.3 is 0 Å². The average molecular weight is 394 g/mol. The van der Waals surface area contributed by atoms with E-state index >= 15 is 0 Å². The third kappa shape index (κ3) is 2.76. The van der Waals surface area contributed by atoms with Crippen molar-refractivity contribution in [2.45, 2.75) is 12.3 Å². The van der Waals surface area contributed by atoms with E-state index in [2.05, 4.69) is 31.9 Å². The molecule has 0 fully saturated rings.